The summed E-state index contributed by atoms with van der Waals surface area (Å²) in [5.41, 5.74) is 0. The van der Waals surface area contributed by atoms with Gasteiger partial charge in [0, 0.05) is 13.1 Å². The molecule has 1 aromatic rings. The smallest absolute Gasteiger partial charge is 0.128 e. The van der Waals surface area contributed by atoms with Crippen LogP contribution in [0.1, 0.15) is 40.0 Å². The molecular weight excluding hydrogens is 210 g/mol. The van der Waals surface area contributed by atoms with Gasteiger partial charge in [-0.25, -0.2) is 4.98 Å². The Morgan fingerprint density at radius 2 is 1.82 bits per heavy atom. The van der Waals surface area contributed by atoms with E-state index in [-0.39, 0.29) is 0 Å². The molecular formula is C14H25N3. The molecule has 3 heteroatoms. The summed E-state index contributed by atoms with van der Waals surface area (Å²) in [6.45, 7) is 6.76. The number of nitrogens with zero attached hydrogens (tertiary/aromatic N) is 1. The van der Waals surface area contributed by atoms with E-state index >= 15 is 0 Å². The Kier molecular flexibility index (Phi) is 5.81. The predicted molar refractivity (Wildman–Crippen MR) is 75.6 cm³/mol. The Morgan fingerprint density at radius 3 is 2.47 bits per heavy atom. The summed E-state index contributed by atoms with van der Waals surface area (Å²) in [4.78, 5) is 4.45. The number of aromatic nitrogens is 1. The number of nitrogens with one attached hydrogen (secondary N) is 2. The summed E-state index contributed by atoms with van der Waals surface area (Å²) in [6, 6.07) is 6.48. The molecule has 1 atom stereocenters. The van der Waals surface area contributed by atoms with Gasteiger partial charge >= 0.3 is 0 Å². The number of rotatable bonds is 7. The second-order valence-corrected chi connectivity index (χ2v) is 5.03. The van der Waals surface area contributed by atoms with Crippen LogP contribution in [-0.4, -0.2) is 18.1 Å². The van der Waals surface area contributed by atoms with E-state index in [2.05, 4.69) is 36.4 Å². The van der Waals surface area contributed by atoms with Crippen LogP contribution in [0.2, 0.25) is 0 Å². The first-order valence-electron chi connectivity index (χ1n) is 6.53. The minimum Gasteiger partial charge on any atom is -0.373 e. The lowest BCUT2D eigenvalue weighted by Crippen LogP contribution is -2.16. The number of pyridine rings is 1. The molecule has 0 radical (unpaired) electrons. The van der Waals surface area contributed by atoms with E-state index in [9.17, 15) is 0 Å². The quantitative estimate of drug-likeness (QED) is 0.755. The molecule has 0 fully saturated rings. The van der Waals surface area contributed by atoms with E-state index < -0.39 is 0 Å². The van der Waals surface area contributed by atoms with Crippen molar-refractivity contribution in [3.05, 3.63) is 18.2 Å². The summed E-state index contributed by atoms with van der Waals surface area (Å²) in [5, 5.41) is 6.49. The van der Waals surface area contributed by atoms with E-state index in [1.165, 1.54) is 19.3 Å². The Hall–Kier alpha value is -1.25. The molecule has 0 aromatic carbocycles. The van der Waals surface area contributed by atoms with Crippen LogP contribution < -0.4 is 10.6 Å². The lowest BCUT2D eigenvalue weighted by molar-refractivity contribution is 0.520. The number of hydrogen-bond acceptors (Lipinski definition) is 3. The molecule has 0 amide bonds. The molecule has 0 aliphatic heterocycles. The molecule has 1 heterocycles. The first-order chi connectivity index (χ1) is 8.11. The van der Waals surface area contributed by atoms with Crippen molar-refractivity contribution in [3.63, 3.8) is 0 Å². The van der Waals surface area contributed by atoms with Crippen LogP contribution in [0.4, 0.5) is 11.6 Å². The molecule has 96 valence electrons. The van der Waals surface area contributed by atoms with Gasteiger partial charge in [-0.15, -0.1) is 0 Å². The van der Waals surface area contributed by atoms with Crippen molar-refractivity contribution in [1.82, 2.24) is 4.98 Å². The Balaban J connectivity index is 2.36. The predicted octanol–water partition coefficient (Wildman–Crippen LogP) is 3.75. The molecule has 0 bridgehead atoms. The molecule has 17 heavy (non-hydrogen) atoms. The minimum absolute atomic E-state index is 0.480. The number of hydrogen-bond donors (Lipinski definition) is 2. The van der Waals surface area contributed by atoms with Crippen molar-refractivity contribution < 1.29 is 0 Å². The summed E-state index contributed by atoms with van der Waals surface area (Å²) in [6.07, 6.45) is 3.77. The molecule has 1 aromatic heterocycles. The van der Waals surface area contributed by atoms with Crippen LogP contribution >= 0.6 is 0 Å². The highest BCUT2D eigenvalue weighted by Gasteiger charge is 2.04. The van der Waals surface area contributed by atoms with Gasteiger partial charge in [0.2, 0.25) is 0 Å². The molecule has 2 N–H and O–H groups in total. The van der Waals surface area contributed by atoms with Gasteiger partial charge < -0.3 is 10.6 Å². The molecule has 0 saturated carbocycles. The van der Waals surface area contributed by atoms with E-state index in [0.717, 1.165) is 17.6 Å². The van der Waals surface area contributed by atoms with Crippen LogP contribution in [0.3, 0.4) is 0 Å². The Labute approximate surface area is 105 Å². The fourth-order valence-electron chi connectivity index (χ4n) is 1.81. The lowest BCUT2D eigenvalue weighted by atomic mass is 10.0. The van der Waals surface area contributed by atoms with Crippen molar-refractivity contribution in [2.75, 3.05) is 17.7 Å². The minimum atomic E-state index is 0.480. The van der Waals surface area contributed by atoms with Crippen molar-refractivity contribution in [1.29, 1.82) is 0 Å². The normalized spacial score (nSPS) is 12.5. The van der Waals surface area contributed by atoms with Gasteiger partial charge in [0.1, 0.15) is 11.6 Å². The van der Waals surface area contributed by atoms with Crippen molar-refractivity contribution >= 4 is 11.6 Å². The summed E-state index contributed by atoms with van der Waals surface area (Å²) < 4.78 is 0. The van der Waals surface area contributed by atoms with Crippen LogP contribution in [0, 0.1) is 5.92 Å². The van der Waals surface area contributed by atoms with Crippen LogP contribution in [0.25, 0.3) is 0 Å². The van der Waals surface area contributed by atoms with Gasteiger partial charge in [-0.1, -0.05) is 32.8 Å². The molecule has 1 unspecified atom stereocenters. The van der Waals surface area contributed by atoms with Gasteiger partial charge in [0.25, 0.3) is 0 Å². The SMILES string of the molecule is CNc1cccc(NC(C)CCCC(C)C)n1. The average molecular weight is 235 g/mol. The Morgan fingerprint density at radius 1 is 1.12 bits per heavy atom. The molecule has 0 saturated heterocycles. The van der Waals surface area contributed by atoms with Gasteiger partial charge in [-0.2, -0.15) is 0 Å². The number of anilines is 2. The standard InChI is InChI=1S/C14H25N3/c1-11(2)7-5-8-12(3)16-14-10-6-9-13(15-4)17-14/h6,9-12H,5,7-8H2,1-4H3,(H2,15,16,17). The maximum atomic E-state index is 4.45. The van der Waals surface area contributed by atoms with Crippen LogP contribution in [0.15, 0.2) is 18.2 Å². The average Bonchev–Trinajstić information content (AvgIpc) is 2.28. The van der Waals surface area contributed by atoms with Gasteiger partial charge in [0.05, 0.1) is 0 Å². The maximum Gasteiger partial charge on any atom is 0.128 e. The van der Waals surface area contributed by atoms with E-state index in [1.807, 2.05) is 25.2 Å². The highest BCUT2D eigenvalue weighted by molar-refractivity contribution is 5.45. The first-order valence-corrected chi connectivity index (χ1v) is 6.53. The van der Waals surface area contributed by atoms with Gasteiger partial charge in [0.15, 0.2) is 0 Å². The van der Waals surface area contributed by atoms with E-state index in [4.69, 9.17) is 0 Å². The molecule has 3 nitrogen and oxygen atoms in total. The fourth-order valence-corrected chi connectivity index (χ4v) is 1.81. The molecule has 0 aliphatic rings. The zero-order valence-electron chi connectivity index (χ0n) is 11.5. The second-order valence-electron chi connectivity index (χ2n) is 5.03. The van der Waals surface area contributed by atoms with Gasteiger partial charge in [-0.3, -0.25) is 0 Å². The van der Waals surface area contributed by atoms with E-state index in [0.29, 0.717) is 6.04 Å². The van der Waals surface area contributed by atoms with Gasteiger partial charge in [-0.05, 0) is 31.4 Å². The van der Waals surface area contributed by atoms with Crippen molar-refractivity contribution in [3.8, 4) is 0 Å². The summed E-state index contributed by atoms with van der Waals surface area (Å²) in [7, 11) is 1.89. The topological polar surface area (TPSA) is 37.0 Å². The summed E-state index contributed by atoms with van der Waals surface area (Å²) >= 11 is 0. The van der Waals surface area contributed by atoms with Crippen LogP contribution in [0.5, 0.6) is 0 Å². The zero-order chi connectivity index (χ0) is 12.7. The maximum absolute atomic E-state index is 4.45. The largest absolute Gasteiger partial charge is 0.373 e. The zero-order valence-corrected chi connectivity index (χ0v) is 11.5. The third-order valence-corrected chi connectivity index (χ3v) is 2.82. The highest BCUT2D eigenvalue weighted by atomic mass is 15.1. The van der Waals surface area contributed by atoms with E-state index in [1.54, 1.807) is 0 Å². The third-order valence-electron chi connectivity index (χ3n) is 2.82. The second kappa shape index (κ2) is 7.15. The molecule has 1 rings (SSSR count). The Bertz CT molecular complexity index is 323. The first kappa shape index (κ1) is 13.8. The molecule has 0 aliphatic carbocycles. The fraction of sp³-hybridized carbons (Fsp3) is 0.643. The lowest BCUT2D eigenvalue weighted by Gasteiger charge is -2.15. The third kappa shape index (κ3) is 5.57. The molecule has 0 spiro atoms. The van der Waals surface area contributed by atoms with Crippen LogP contribution in [-0.2, 0) is 0 Å². The summed E-state index contributed by atoms with van der Waals surface area (Å²) in [5.74, 6) is 2.66. The highest BCUT2D eigenvalue weighted by Crippen LogP contribution is 2.13. The monoisotopic (exact) mass is 235 g/mol. The van der Waals surface area contributed by atoms with Crippen molar-refractivity contribution in [2.24, 2.45) is 5.92 Å². The van der Waals surface area contributed by atoms with Crippen molar-refractivity contribution in [2.45, 2.75) is 46.1 Å².